The van der Waals surface area contributed by atoms with Gasteiger partial charge in [0.15, 0.2) is 0 Å². The van der Waals surface area contributed by atoms with Crippen LogP contribution in [-0.4, -0.2) is 21.2 Å². The monoisotopic (exact) mass is 1010 g/mol. The topological polar surface area (TPSA) is 38.5 Å². The van der Waals surface area contributed by atoms with Crippen LogP contribution in [0, 0.1) is 18.8 Å². The number of hydrogen-bond donors (Lipinski definition) is 0. The van der Waals surface area contributed by atoms with E-state index in [0.29, 0.717) is 11.5 Å². The van der Waals surface area contributed by atoms with E-state index in [4.69, 9.17) is 9.72 Å². The molecule has 6 nitrogen and oxygen atoms in total. The van der Waals surface area contributed by atoms with Crippen molar-refractivity contribution in [2.24, 2.45) is 0 Å². The largest absolute Gasteiger partial charge is 0.509 e. The number of para-hydroxylation sites is 3. The molecule has 1 aliphatic rings. The van der Waals surface area contributed by atoms with Gasteiger partial charge in [0.2, 0.25) is 0 Å². The molecule has 0 radical (unpaired) electrons. The number of nitrogens with zero attached hydrogens (tertiary/aromatic N) is 5. The molecule has 0 N–H and O–H groups in total. The Kier molecular flexibility index (Phi) is 9.48. The Bertz CT molecular complexity index is 3590. The molecule has 0 aliphatic carbocycles. The van der Waals surface area contributed by atoms with Gasteiger partial charge in [-0.1, -0.05) is 123 Å². The van der Waals surface area contributed by atoms with Gasteiger partial charge in [0.05, 0.1) is 11.0 Å². The first-order valence-electron chi connectivity index (χ1n) is 21.4. The molecule has 64 heavy (non-hydrogen) atoms. The van der Waals surface area contributed by atoms with E-state index in [2.05, 4.69) is 229 Å². The number of benzene rings is 8. The first-order chi connectivity index (χ1) is 30.7. The summed E-state index contributed by atoms with van der Waals surface area (Å²) in [6.07, 6.45) is 2.04. The molecule has 1 aliphatic heterocycles. The number of fused-ring (bicyclic) bond motifs is 8. The summed E-state index contributed by atoms with van der Waals surface area (Å²) in [5.74, 6) is 2.02. The van der Waals surface area contributed by atoms with E-state index in [1.54, 1.807) is 0 Å². The van der Waals surface area contributed by atoms with Crippen LogP contribution >= 0.6 is 0 Å². The number of aromatic nitrogens is 3. The molecule has 0 unspecified atom stereocenters. The van der Waals surface area contributed by atoms with Crippen molar-refractivity contribution < 1.29 is 25.8 Å². The van der Waals surface area contributed by atoms with Gasteiger partial charge in [-0.05, 0) is 82.2 Å². The van der Waals surface area contributed by atoms with Crippen LogP contribution in [0.4, 0.5) is 17.1 Å². The van der Waals surface area contributed by atoms with Gasteiger partial charge in [-0.2, -0.15) is 12.7 Å². The summed E-state index contributed by atoms with van der Waals surface area (Å²) in [5, 5.41) is 6.84. The molecule has 0 amide bonds. The molecular weight excluding hydrogens is 966 g/mol. The Morgan fingerprint density at radius 2 is 1.23 bits per heavy atom. The maximum atomic E-state index is 6.84. The summed E-state index contributed by atoms with van der Waals surface area (Å²) < 4.78 is 11.4. The van der Waals surface area contributed by atoms with Gasteiger partial charge in [0, 0.05) is 78.2 Å². The number of ether oxygens (including phenoxy) is 1. The van der Waals surface area contributed by atoms with E-state index in [1.807, 2.05) is 12.3 Å². The smallest absolute Gasteiger partial charge is 0.137 e. The first-order valence-corrected chi connectivity index (χ1v) is 21.4. The number of hydrogen-bond acceptors (Lipinski definition) is 4. The fraction of sp³-hybridized carbons (Fsp3) is 0.0877. The van der Waals surface area contributed by atoms with Gasteiger partial charge >= 0.3 is 0 Å². The molecule has 0 bridgehead atoms. The minimum Gasteiger partial charge on any atom is -0.509 e. The second-order valence-corrected chi connectivity index (χ2v) is 17.5. The zero-order valence-corrected chi connectivity index (χ0v) is 38.1. The molecule has 0 saturated heterocycles. The van der Waals surface area contributed by atoms with Crippen molar-refractivity contribution in [2.75, 3.05) is 16.8 Å². The van der Waals surface area contributed by atoms with E-state index in [0.717, 1.165) is 83.5 Å². The summed E-state index contributed by atoms with van der Waals surface area (Å²) in [6, 6.07) is 67.6. The van der Waals surface area contributed by atoms with Crippen molar-refractivity contribution in [1.82, 2.24) is 14.1 Å². The number of anilines is 3. The zero-order valence-electron chi connectivity index (χ0n) is 35.8. The third-order valence-electron chi connectivity index (χ3n) is 12.5. The van der Waals surface area contributed by atoms with Crippen molar-refractivity contribution in [1.29, 1.82) is 0 Å². The van der Waals surface area contributed by atoms with E-state index >= 15 is 0 Å². The van der Waals surface area contributed by atoms with Crippen molar-refractivity contribution in [3.05, 3.63) is 200 Å². The molecule has 12 rings (SSSR count). The Hall–Kier alpha value is -7.14. The van der Waals surface area contributed by atoms with Crippen LogP contribution in [-0.2, 0) is 26.5 Å². The Balaban J connectivity index is 0.00000456. The third kappa shape index (κ3) is 6.55. The standard InChI is InChI=1S/C57H42N5O.Pt/c1-57(2,3)41-30-43(60-36-59(4)51-21-13-14-22-52(51)60)32-45(31-41)63-44-24-25-46-47-28-40(37-15-7-5-8-16-37)23-26-50(47)62(54(46)33-44)56-34-55-49(35-58-56)48-27-38-17-11-12-18-39(38)29-53(48)61(55)42-19-9-6-10-20-42;/h5-31,34-36H,1-4H3;/q-3;. The molecular formula is C57H42N5OPt-3. The maximum absolute atomic E-state index is 6.84. The van der Waals surface area contributed by atoms with Crippen molar-refractivity contribution in [2.45, 2.75) is 26.2 Å². The number of pyridine rings is 1. The maximum Gasteiger partial charge on any atom is 0.137 e. The molecule has 7 heteroatoms. The minimum absolute atomic E-state index is 0. The normalized spacial score (nSPS) is 12.8. The molecule has 0 saturated carbocycles. The first kappa shape index (κ1) is 39.7. The summed E-state index contributed by atoms with van der Waals surface area (Å²) in [6.45, 7) is 8.80. The fourth-order valence-corrected chi connectivity index (χ4v) is 9.32. The van der Waals surface area contributed by atoms with E-state index in [-0.39, 0.29) is 26.5 Å². The average Bonchev–Trinajstić information content (AvgIpc) is 3.94. The summed E-state index contributed by atoms with van der Waals surface area (Å²) in [4.78, 5) is 9.60. The van der Waals surface area contributed by atoms with Gasteiger partial charge in [-0.25, -0.2) is 4.98 Å². The van der Waals surface area contributed by atoms with Crippen LogP contribution in [0.1, 0.15) is 26.3 Å². The van der Waals surface area contributed by atoms with Crippen molar-refractivity contribution >= 4 is 71.4 Å². The van der Waals surface area contributed by atoms with Crippen LogP contribution in [0.15, 0.2) is 176 Å². The third-order valence-corrected chi connectivity index (χ3v) is 12.5. The molecule has 0 spiro atoms. The van der Waals surface area contributed by atoms with E-state index in [9.17, 15) is 0 Å². The molecule has 0 fully saturated rings. The SMILES string of the molecule is CN1[CH-]N(c2[c-]c(Oc3[c-]c4c(cc3)c3cc(-c5ccccc5)ccc3n4-c3cc4c(cn3)c3cc5ccccc5cc3n4-c3ccccc3)cc(C(C)(C)C)c2)c2ccccc21.[Pt]. The van der Waals surface area contributed by atoms with Crippen LogP contribution in [0.5, 0.6) is 11.5 Å². The molecule has 11 aromatic rings. The molecule has 314 valence electrons. The quantitative estimate of drug-likeness (QED) is 0.156. The summed E-state index contributed by atoms with van der Waals surface area (Å²) >= 11 is 0. The van der Waals surface area contributed by atoms with Gasteiger partial charge < -0.3 is 23.7 Å². The van der Waals surface area contributed by atoms with E-state index < -0.39 is 0 Å². The van der Waals surface area contributed by atoms with Gasteiger partial charge in [0.25, 0.3) is 0 Å². The Labute approximate surface area is 386 Å². The van der Waals surface area contributed by atoms with Crippen LogP contribution in [0.3, 0.4) is 0 Å². The van der Waals surface area contributed by atoms with Crippen molar-refractivity contribution in [3.63, 3.8) is 0 Å². The van der Waals surface area contributed by atoms with Gasteiger partial charge in [-0.3, -0.25) is 0 Å². The fourth-order valence-electron chi connectivity index (χ4n) is 9.32. The molecule has 4 heterocycles. The van der Waals surface area contributed by atoms with Crippen LogP contribution in [0.2, 0.25) is 0 Å². The van der Waals surface area contributed by atoms with Gasteiger partial charge in [0.1, 0.15) is 5.82 Å². The number of rotatable bonds is 6. The van der Waals surface area contributed by atoms with Crippen LogP contribution < -0.4 is 14.5 Å². The Morgan fingerprint density at radius 1 is 0.547 bits per heavy atom. The predicted octanol–water partition coefficient (Wildman–Crippen LogP) is 14.5. The minimum atomic E-state index is -0.136. The van der Waals surface area contributed by atoms with E-state index in [1.165, 1.54) is 16.2 Å². The summed E-state index contributed by atoms with van der Waals surface area (Å²) in [5.41, 5.74) is 11.7. The summed E-state index contributed by atoms with van der Waals surface area (Å²) in [7, 11) is 2.08. The van der Waals surface area contributed by atoms with Crippen molar-refractivity contribution in [3.8, 4) is 34.1 Å². The van der Waals surface area contributed by atoms with Crippen LogP contribution in [0.25, 0.3) is 77.0 Å². The zero-order chi connectivity index (χ0) is 42.4. The predicted molar refractivity (Wildman–Crippen MR) is 260 cm³/mol. The van der Waals surface area contributed by atoms with Gasteiger partial charge in [-0.15, -0.1) is 47.0 Å². The molecule has 8 aromatic carbocycles. The molecule has 3 aromatic heterocycles. The molecule has 0 atom stereocenters. The second kappa shape index (κ2) is 15.3. The second-order valence-electron chi connectivity index (χ2n) is 17.5. The average molecular weight is 1010 g/mol. The Morgan fingerprint density at radius 3 is 2.02 bits per heavy atom.